The molecule has 0 bridgehead atoms. The quantitative estimate of drug-likeness (QED) is 0.729. The Kier molecular flexibility index (Phi) is 5.90. The highest BCUT2D eigenvalue weighted by Gasteiger charge is 2.08. The number of ether oxygens (including phenoxy) is 1. The average Bonchev–Trinajstić information content (AvgIpc) is 2.83. The lowest BCUT2D eigenvalue weighted by atomic mass is 10.1. The first-order valence-corrected chi connectivity index (χ1v) is 8.48. The minimum Gasteiger partial charge on any atom is -0.487 e. The molecule has 0 aliphatic heterocycles. The third-order valence-corrected chi connectivity index (χ3v) is 4.86. The molecule has 0 spiro atoms. The van der Waals surface area contributed by atoms with Crippen LogP contribution in [-0.4, -0.2) is 6.54 Å². The monoisotopic (exact) mass is 373 g/mol. The van der Waals surface area contributed by atoms with Crippen molar-refractivity contribution >= 4 is 38.9 Å². The molecule has 0 amide bonds. The minimum atomic E-state index is 0.291. The number of rotatable bonds is 6. The van der Waals surface area contributed by atoms with E-state index in [1.54, 1.807) is 11.3 Å². The molecule has 2 nitrogen and oxygen atoms in total. The lowest BCUT2D eigenvalue weighted by Gasteiger charge is -2.14. The van der Waals surface area contributed by atoms with E-state index in [0.717, 1.165) is 21.0 Å². The summed E-state index contributed by atoms with van der Waals surface area (Å²) in [6.45, 7) is 5.69. The Labute approximate surface area is 137 Å². The van der Waals surface area contributed by atoms with Crippen LogP contribution in [0.2, 0.25) is 5.02 Å². The van der Waals surface area contributed by atoms with Gasteiger partial charge >= 0.3 is 0 Å². The number of benzene rings is 1. The van der Waals surface area contributed by atoms with Gasteiger partial charge in [-0.05, 0) is 59.2 Å². The van der Waals surface area contributed by atoms with Crippen LogP contribution < -0.4 is 10.1 Å². The summed E-state index contributed by atoms with van der Waals surface area (Å²) in [6, 6.07) is 10.3. The second kappa shape index (κ2) is 7.46. The Morgan fingerprint density at radius 1 is 1.35 bits per heavy atom. The van der Waals surface area contributed by atoms with Crippen molar-refractivity contribution in [1.82, 2.24) is 5.32 Å². The molecule has 0 aliphatic carbocycles. The smallest absolute Gasteiger partial charge is 0.138 e. The van der Waals surface area contributed by atoms with E-state index >= 15 is 0 Å². The van der Waals surface area contributed by atoms with Crippen molar-refractivity contribution in [2.45, 2.75) is 26.5 Å². The van der Waals surface area contributed by atoms with Crippen LogP contribution in [0.4, 0.5) is 0 Å². The molecule has 1 aromatic carbocycles. The van der Waals surface area contributed by atoms with Crippen LogP contribution in [0.5, 0.6) is 5.75 Å². The van der Waals surface area contributed by atoms with Crippen molar-refractivity contribution in [3.8, 4) is 5.75 Å². The van der Waals surface area contributed by atoms with Gasteiger partial charge in [0.1, 0.15) is 12.4 Å². The van der Waals surface area contributed by atoms with Crippen LogP contribution in [0, 0.1) is 0 Å². The highest BCUT2D eigenvalue weighted by molar-refractivity contribution is 9.11. The molecule has 5 heteroatoms. The molecular weight excluding hydrogens is 358 g/mol. The van der Waals surface area contributed by atoms with Crippen molar-refractivity contribution < 1.29 is 4.74 Å². The lowest BCUT2D eigenvalue weighted by molar-refractivity contribution is 0.310. The van der Waals surface area contributed by atoms with E-state index in [-0.39, 0.29) is 0 Å². The number of halogens is 2. The summed E-state index contributed by atoms with van der Waals surface area (Å²) in [7, 11) is 0. The summed E-state index contributed by atoms with van der Waals surface area (Å²) in [6.07, 6.45) is 0. The van der Waals surface area contributed by atoms with Crippen molar-refractivity contribution in [2.24, 2.45) is 0 Å². The van der Waals surface area contributed by atoms with Gasteiger partial charge < -0.3 is 10.1 Å². The number of hydrogen-bond donors (Lipinski definition) is 1. The van der Waals surface area contributed by atoms with Gasteiger partial charge in [0, 0.05) is 10.9 Å². The highest BCUT2D eigenvalue weighted by Crippen LogP contribution is 2.30. The van der Waals surface area contributed by atoms with E-state index in [1.807, 2.05) is 24.3 Å². The summed E-state index contributed by atoms with van der Waals surface area (Å²) in [5, 5.41) is 4.02. The Morgan fingerprint density at radius 2 is 2.15 bits per heavy atom. The molecule has 0 fully saturated rings. The third kappa shape index (κ3) is 4.22. The fourth-order valence-electron chi connectivity index (χ4n) is 1.91. The summed E-state index contributed by atoms with van der Waals surface area (Å²) < 4.78 is 6.88. The molecule has 0 radical (unpaired) electrons. The maximum absolute atomic E-state index is 6.29. The van der Waals surface area contributed by atoms with Crippen molar-refractivity contribution in [1.29, 1.82) is 0 Å². The van der Waals surface area contributed by atoms with Gasteiger partial charge in [0.25, 0.3) is 0 Å². The molecule has 1 unspecified atom stereocenters. The van der Waals surface area contributed by atoms with Gasteiger partial charge in [-0.3, -0.25) is 0 Å². The van der Waals surface area contributed by atoms with E-state index in [2.05, 4.69) is 41.2 Å². The maximum atomic E-state index is 6.29. The summed E-state index contributed by atoms with van der Waals surface area (Å²) in [4.78, 5) is 1.16. The standard InChI is InChI=1S/C15H17BrClNOS/c1-3-18-10(2)11-4-6-14(13(17)8-11)19-9-12-5-7-15(16)20-12/h4-8,10,18H,3,9H2,1-2H3. The fourth-order valence-corrected chi connectivity index (χ4v) is 3.55. The zero-order chi connectivity index (χ0) is 14.5. The molecule has 2 aromatic rings. The number of thiophene rings is 1. The number of hydrogen-bond acceptors (Lipinski definition) is 3. The molecule has 1 N–H and O–H groups in total. The normalized spacial score (nSPS) is 12.4. The zero-order valence-electron chi connectivity index (χ0n) is 11.5. The molecule has 0 aliphatic rings. The predicted molar refractivity (Wildman–Crippen MR) is 89.9 cm³/mol. The molecular formula is C15H17BrClNOS. The van der Waals surface area contributed by atoms with Crippen molar-refractivity contribution in [3.63, 3.8) is 0 Å². The van der Waals surface area contributed by atoms with E-state index in [0.29, 0.717) is 17.7 Å². The van der Waals surface area contributed by atoms with Crippen LogP contribution in [0.15, 0.2) is 34.1 Å². The SMILES string of the molecule is CCNC(C)c1ccc(OCc2ccc(Br)s2)c(Cl)c1. The van der Waals surface area contributed by atoms with E-state index in [4.69, 9.17) is 16.3 Å². The largest absolute Gasteiger partial charge is 0.487 e. The Balaban J connectivity index is 2.02. The Hall–Kier alpha value is -0.550. The van der Waals surface area contributed by atoms with Gasteiger partial charge in [-0.25, -0.2) is 0 Å². The maximum Gasteiger partial charge on any atom is 0.138 e. The van der Waals surface area contributed by atoms with E-state index < -0.39 is 0 Å². The first-order valence-electron chi connectivity index (χ1n) is 6.50. The van der Waals surface area contributed by atoms with Gasteiger partial charge in [0.05, 0.1) is 8.81 Å². The first-order chi connectivity index (χ1) is 9.60. The molecule has 20 heavy (non-hydrogen) atoms. The second-order valence-corrected chi connectivity index (χ2v) is 7.42. The Morgan fingerprint density at radius 3 is 2.75 bits per heavy atom. The van der Waals surface area contributed by atoms with Gasteiger partial charge in [0.2, 0.25) is 0 Å². The summed E-state index contributed by atoms with van der Waals surface area (Å²) in [5.74, 6) is 0.726. The van der Waals surface area contributed by atoms with Crippen LogP contribution >= 0.6 is 38.9 Å². The van der Waals surface area contributed by atoms with Crippen LogP contribution in [0.1, 0.15) is 30.3 Å². The van der Waals surface area contributed by atoms with E-state index in [9.17, 15) is 0 Å². The van der Waals surface area contributed by atoms with Gasteiger partial charge in [-0.15, -0.1) is 11.3 Å². The minimum absolute atomic E-state index is 0.291. The van der Waals surface area contributed by atoms with Gasteiger partial charge in [-0.2, -0.15) is 0 Å². The average molecular weight is 375 g/mol. The molecule has 108 valence electrons. The third-order valence-electron chi connectivity index (χ3n) is 2.97. The topological polar surface area (TPSA) is 21.3 Å². The summed E-state index contributed by atoms with van der Waals surface area (Å²) in [5.41, 5.74) is 1.17. The predicted octanol–water partition coefficient (Wildman–Crippen LogP) is 5.41. The molecule has 1 heterocycles. The molecule has 0 saturated heterocycles. The number of nitrogens with one attached hydrogen (secondary N) is 1. The molecule has 2 rings (SSSR count). The molecule has 1 aromatic heterocycles. The highest BCUT2D eigenvalue weighted by atomic mass is 79.9. The van der Waals surface area contributed by atoms with Crippen LogP contribution in [0.3, 0.4) is 0 Å². The second-order valence-electron chi connectivity index (χ2n) is 4.46. The van der Waals surface area contributed by atoms with Crippen LogP contribution in [0.25, 0.3) is 0 Å². The zero-order valence-corrected chi connectivity index (χ0v) is 14.6. The first kappa shape index (κ1) is 15.8. The fraction of sp³-hybridized carbons (Fsp3) is 0.333. The van der Waals surface area contributed by atoms with Gasteiger partial charge in [0.15, 0.2) is 0 Å². The van der Waals surface area contributed by atoms with Gasteiger partial charge in [-0.1, -0.05) is 24.6 Å². The molecule has 0 saturated carbocycles. The van der Waals surface area contributed by atoms with E-state index in [1.165, 1.54) is 5.56 Å². The van der Waals surface area contributed by atoms with Crippen LogP contribution in [-0.2, 0) is 6.61 Å². The van der Waals surface area contributed by atoms with Crippen molar-refractivity contribution in [3.05, 3.63) is 49.6 Å². The van der Waals surface area contributed by atoms with Crippen molar-refractivity contribution in [2.75, 3.05) is 6.54 Å². The summed E-state index contributed by atoms with van der Waals surface area (Å²) >= 11 is 11.4. The molecule has 1 atom stereocenters. The lowest BCUT2D eigenvalue weighted by Crippen LogP contribution is -2.17. The Bertz CT molecular complexity index is 573.